The maximum atomic E-state index is 11.7. The number of aryl methyl sites for hydroxylation is 1. The highest BCUT2D eigenvalue weighted by Gasteiger charge is 2.11. The van der Waals surface area contributed by atoms with Gasteiger partial charge >= 0.3 is 0 Å². The number of nitrogens with zero attached hydrogens (tertiary/aromatic N) is 2. The van der Waals surface area contributed by atoms with Crippen molar-refractivity contribution < 1.29 is 4.79 Å². The third kappa shape index (κ3) is 1.99. The highest BCUT2D eigenvalue weighted by Crippen LogP contribution is 2.14. The SMILES string of the molecule is Cn1cc(N)cc1C(=O)Nc1nccs1. The summed E-state index contributed by atoms with van der Waals surface area (Å²) < 4.78 is 1.68. The normalized spacial score (nSPS) is 10.2. The lowest BCUT2D eigenvalue weighted by molar-refractivity contribution is 0.101. The molecule has 0 atom stereocenters. The Balaban J connectivity index is 2.18. The third-order valence-corrected chi connectivity index (χ3v) is 2.60. The van der Waals surface area contributed by atoms with E-state index in [1.54, 1.807) is 35.5 Å². The zero-order valence-electron chi connectivity index (χ0n) is 8.10. The van der Waals surface area contributed by atoms with Crippen LogP contribution in [-0.2, 0) is 7.05 Å². The molecule has 0 bridgehead atoms. The molecule has 0 unspecified atom stereocenters. The molecule has 2 aromatic heterocycles. The summed E-state index contributed by atoms with van der Waals surface area (Å²) in [5.41, 5.74) is 6.66. The molecule has 2 heterocycles. The standard InChI is InChI=1S/C9H10N4OS/c1-13-5-6(10)4-7(13)8(14)12-9-11-2-3-15-9/h2-5H,10H2,1H3,(H,11,12,14). The Kier molecular flexibility index (Phi) is 2.42. The average Bonchev–Trinajstić information content (AvgIpc) is 2.75. The Bertz CT molecular complexity index is 474. The van der Waals surface area contributed by atoms with Crippen molar-refractivity contribution in [2.24, 2.45) is 7.05 Å². The molecule has 78 valence electrons. The van der Waals surface area contributed by atoms with E-state index in [2.05, 4.69) is 10.3 Å². The fourth-order valence-corrected chi connectivity index (χ4v) is 1.79. The molecular weight excluding hydrogens is 212 g/mol. The van der Waals surface area contributed by atoms with Crippen molar-refractivity contribution in [3.05, 3.63) is 29.5 Å². The van der Waals surface area contributed by atoms with E-state index in [9.17, 15) is 4.79 Å². The summed E-state index contributed by atoms with van der Waals surface area (Å²) in [5.74, 6) is -0.204. The number of thiazole rings is 1. The van der Waals surface area contributed by atoms with Crippen LogP contribution in [0.25, 0.3) is 0 Å². The number of carbonyl (C=O) groups excluding carboxylic acids is 1. The Morgan fingerprint density at radius 3 is 3.00 bits per heavy atom. The Labute approximate surface area is 90.5 Å². The number of amides is 1. The molecule has 2 rings (SSSR count). The van der Waals surface area contributed by atoms with Crippen LogP contribution in [-0.4, -0.2) is 15.5 Å². The van der Waals surface area contributed by atoms with Crippen LogP contribution in [0.15, 0.2) is 23.8 Å². The van der Waals surface area contributed by atoms with Crippen LogP contribution in [0.2, 0.25) is 0 Å². The van der Waals surface area contributed by atoms with Gasteiger partial charge < -0.3 is 10.3 Å². The summed E-state index contributed by atoms with van der Waals surface area (Å²) in [5, 5.41) is 5.07. The van der Waals surface area contributed by atoms with Crippen molar-refractivity contribution >= 4 is 28.1 Å². The van der Waals surface area contributed by atoms with Crippen molar-refractivity contribution in [1.82, 2.24) is 9.55 Å². The van der Waals surface area contributed by atoms with Gasteiger partial charge in [-0.15, -0.1) is 11.3 Å². The molecule has 1 amide bonds. The van der Waals surface area contributed by atoms with Crippen LogP contribution in [0.3, 0.4) is 0 Å². The van der Waals surface area contributed by atoms with Gasteiger partial charge in [-0.05, 0) is 6.07 Å². The Hall–Kier alpha value is -1.82. The van der Waals surface area contributed by atoms with Gasteiger partial charge in [0.2, 0.25) is 0 Å². The second kappa shape index (κ2) is 3.74. The maximum Gasteiger partial charge on any atom is 0.274 e. The molecule has 6 heteroatoms. The van der Waals surface area contributed by atoms with E-state index in [1.165, 1.54) is 11.3 Å². The molecule has 0 spiro atoms. The lowest BCUT2D eigenvalue weighted by Gasteiger charge is -2.01. The number of nitrogen functional groups attached to an aromatic ring is 1. The minimum atomic E-state index is -0.204. The highest BCUT2D eigenvalue weighted by molar-refractivity contribution is 7.13. The van der Waals surface area contributed by atoms with Gasteiger partial charge in [-0.25, -0.2) is 4.98 Å². The summed E-state index contributed by atoms with van der Waals surface area (Å²) in [6.07, 6.45) is 3.33. The first-order valence-corrected chi connectivity index (χ1v) is 5.17. The third-order valence-electron chi connectivity index (χ3n) is 1.91. The number of hydrogen-bond donors (Lipinski definition) is 2. The summed E-state index contributed by atoms with van der Waals surface area (Å²) >= 11 is 1.38. The van der Waals surface area contributed by atoms with Gasteiger partial charge in [0.15, 0.2) is 5.13 Å². The summed E-state index contributed by atoms with van der Waals surface area (Å²) in [7, 11) is 1.77. The van der Waals surface area contributed by atoms with Crippen LogP contribution in [0.5, 0.6) is 0 Å². The van der Waals surface area contributed by atoms with E-state index in [4.69, 9.17) is 5.73 Å². The van der Waals surface area contributed by atoms with Crippen LogP contribution in [0, 0.1) is 0 Å². The van der Waals surface area contributed by atoms with E-state index in [1.807, 2.05) is 0 Å². The quantitative estimate of drug-likeness (QED) is 0.804. The zero-order chi connectivity index (χ0) is 10.8. The van der Waals surface area contributed by atoms with Gasteiger partial charge in [0.25, 0.3) is 5.91 Å². The molecule has 0 aliphatic heterocycles. The van der Waals surface area contributed by atoms with Crippen molar-refractivity contribution in [2.75, 3.05) is 11.1 Å². The number of rotatable bonds is 2. The number of aromatic nitrogens is 2. The average molecular weight is 222 g/mol. The second-order valence-electron chi connectivity index (χ2n) is 3.06. The van der Waals surface area contributed by atoms with E-state index in [-0.39, 0.29) is 5.91 Å². The minimum absolute atomic E-state index is 0.204. The monoisotopic (exact) mass is 222 g/mol. The molecule has 0 aliphatic carbocycles. The molecule has 0 saturated heterocycles. The highest BCUT2D eigenvalue weighted by atomic mass is 32.1. The van der Waals surface area contributed by atoms with Gasteiger partial charge in [0, 0.05) is 24.8 Å². The first-order valence-electron chi connectivity index (χ1n) is 4.29. The Morgan fingerprint density at radius 2 is 2.47 bits per heavy atom. The predicted octanol–water partition coefficient (Wildman–Crippen LogP) is 1.32. The van der Waals surface area contributed by atoms with Gasteiger partial charge in [-0.1, -0.05) is 0 Å². The summed E-state index contributed by atoms with van der Waals surface area (Å²) in [4.78, 5) is 15.7. The summed E-state index contributed by atoms with van der Waals surface area (Å²) in [6, 6.07) is 1.63. The largest absolute Gasteiger partial charge is 0.397 e. The van der Waals surface area contributed by atoms with E-state index in [0.29, 0.717) is 16.5 Å². The number of anilines is 2. The molecule has 0 saturated carbocycles. The predicted molar refractivity (Wildman–Crippen MR) is 59.9 cm³/mol. The lowest BCUT2D eigenvalue weighted by Crippen LogP contribution is -2.14. The fraction of sp³-hybridized carbons (Fsp3) is 0.111. The van der Waals surface area contributed by atoms with Gasteiger partial charge in [-0.2, -0.15) is 0 Å². The van der Waals surface area contributed by atoms with Crippen LogP contribution >= 0.6 is 11.3 Å². The Morgan fingerprint density at radius 1 is 1.67 bits per heavy atom. The molecule has 0 aliphatic rings. The molecular formula is C9H10N4OS. The molecule has 5 nitrogen and oxygen atoms in total. The maximum absolute atomic E-state index is 11.7. The summed E-state index contributed by atoms with van der Waals surface area (Å²) in [6.45, 7) is 0. The van der Waals surface area contributed by atoms with Crippen LogP contribution < -0.4 is 11.1 Å². The molecule has 2 aromatic rings. The van der Waals surface area contributed by atoms with E-state index in [0.717, 1.165) is 0 Å². The topological polar surface area (TPSA) is 72.9 Å². The smallest absolute Gasteiger partial charge is 0.274 e. The minimum Gasteiger partial charge on any atom is -0.397 e. The number of nitrogens with one attached hydrogen (secondary N) is 1. The molecule has 0 radical (unpaired) electrons. The molecule has 3 N–H and O–H groups in total. The van der Waals surface area contributed by atoms with Crippen molar-refractivity contribution in [3.8, 4) is 0 Å². The van der Waals surface area contributed by atoms with Gasteiger partial charge in [-0.3, -0.25) is 10.1 Å². The van der Waals surface area contributed by atoms with Crippen LogP contribution in [0.1, 0.15) is 10.5 Å². The fourth-order valence-electron chi connectivity index (χ4n) is 1.26. The molecule has 15 heavy (non-hydrogen) atoms. The van der Waals surface area contributed by atoms with E-state index < -0.39 is 0 Å². The zero-order valence-corrected chi connectivity index (χ0v) is 8.91. The number of carbonyl (C=O) groups is 1. The van der Waals surface area contributed by atoms with Gasteiger partial charge in [0.05, 0.1) is 5.69 Å². The van der Waals surface area contributed by atoms with Crippen molar-refractivity contribution in [3.63, 3.8) is 0 Å². The number of nitrogens with two attached hydrogens (primary N) is 1. The lowest BCUT2D eigenvalue weighted by atomic mass is 10.4. The van der Waals surface area contributed by atoms with E-state index >= 15 is 0 Å². The molecule has 0 fully saturated rings. The first-order chi connectivity index (χ1) is 7.16. The first kappa shape index (κ1) is 9.72. The van der Waals surface area contributed by atoms with Gasteiger partial charge in [0.1, 0.15) is 5.69 Å². The van der Waals surface area contributed by atoms with Crippen LogP contribution in [0.4, 0.5) is 10.8 Å². The number of hydrogen-bond acceptors (Lipinski definition) is 4. The second-order valence-corrected chi connectivity index (χ2v) is 3.96. The van der Waals surface area contributed by atoms with Crippen molar-refractivity contribution in [2.45, 2.75) is 0 Å². The molecule has 0 aromatic carbocycles. The van der Waals surface area contributed by atoms with Crippen molar-refractivity contribution in [1.29, 1.82) is 0 Å².